The van der Waals surface area contributed by atoms with Crippen molar-refractivity contribution in [2.75, 3.05) is 0 Å². The number of aromatic nitrogens is 2. The second-order valence-electron chi connectivity index (χ2n) is 5.35. The maximum Gasteiger partial charge on any atom is 0.356 e. The zero-order chi connectivity index (χ0) is 13.9. The summed E-state index contributed by atoms with van der Waals surface area (Å²) in [6.07, 6.45) is 5.69. The van der Waals surface area contributed by atoms with E-state index in [4.69, 9.17) is 0 Å². The van der Waals surface area contributed by atoms with Gasteiger partial charge in [0.1, 0.15) is 5.82 Å². The van der Waals surface area contributed by atoms with Crippen LogP contribution in [0.1, 0.15) is 54.2 Å². The monoisotopic (exact) mass is 270 g/mol. The number of nitrogens with zero attached hydrogens (tertiary/aromatic N) is 1. The van der Waals surface area contributed by atoms with Crippen molar-refractivity contribution in [2.45, 2.75) is 38.0 Å². The highest BCUT2D eigenvalue weighted by Gasteiger charge is 2.25. The second-order valence-corrected chi connectivity index (χ2v) is 5.35. The van der Waals surface area contributed by atoms with E-state index in [1.165, 1.54) is 19.3 Å². The number of hydrogen-bond acceptors (Lipinski definition) is 2. The highest BCUT2D eigenvalue weighted by molar-refractivity contribution is 5.88. The molecular weight excluding hydrogens is 252 g/mol. The number of hydrogen-bond donors (Lipinski definition) is 2. The Balaban J connectivity index is 2.00. The maximum atomic E-state index is 11.4. The molecule has 2 N–H and O–H groups in total. The number of benzene rings is 1. The van der Waals surface area contributed by atoms with Crippen LogP contribution in [0.15, 0.2) is 30.3 Å². The van der Waals surface area contributed by atoms with Crippen molar-refractivity contribution in [2.24, 2.45) is 0 Å². The third-order valence-corrected chi connectivity index (χ3v) is 4.00. The van der Waals surface area contributed by atoms with Crippen LogP contribution in [0.5, 0.6) is 0 Å². The first-order chi connectivity index (χ1) is 9.75. The fourth-order valence-electron chi connectivity index (χ4n) is 2.97. The van der Waals surface area contributed by atoms with Crippen LogP contribution in [0.3, 0.4) is 0 Å². The SMILES string of the molecule is O=C(O)c1nc(-c2ccccc2)[nH]c1C1CCCCC1. The van der Waals surface area contributed by atoms with Crippen LogP contribution >= 0.6 is 0 Å². The molecule has 4 heteroatoms. The van der Waals surface area contributed by atoms with Crippen LogP contribution in [0, 0.1) is 0 Å². The third kappa shape index (κ3) is 2.46. The molecule has 1 heterocycles. The summed E-state index contributed by atoms with van der Waals surface area (Å²) < 4.78 is 0. The van der Waals surface area contributed by atoms with E-state index in [1.807, 2.05) is 30.3 Å². The lowest BCUT2D eigenvalue weighted by atomic mass is 9.86. The van der Waals surface area contributed by atoms with Gasteiger partial charge in [-0.3, -0.25) is 0 Å². The van der Waals surface area contributed by atoms with Gasteiger partial charge < -0.3 is 10.1 Å². The minimum atomic E-state index is -0.941. The van der Waals surface area contributed by atoms with E-state index in [9.17, 15) is 9.90 Å². The van der Waals surface area contributed by atoms with Gasteiger partial charge >= 0.3 is 5.97 Å². The van der Waals surface area contributed by atoms with Crippen LogP contribution in [0.25, 0.3) is 11.4 Å². The summed E-state index contributed by atoms with van der Waals surface area (Å²) >= 11 is 0. The van der Waals surface area contributed by atoms with Crippen molar-refractivity contribution in [3.05, 3.63) is 41.7 Å². The average Bonchev–Trinajstić information content (AvgIpc) is 2.94. The Hall–Kier alpha value is -2.10. The molecule has 0 bridgehead atoms. The second kappa shape index (κ2) is 5.49. The molecule has 104 valence electrons. The van der Waals surface area contributed by atoms with Crippen LogP contribution in [0.4, 0.5) is 0 Å². The summed E-state index contributed by atoms with van der Waals surface area (Å²) in [7, 11) is 0. The number of rotatable bonds is 3. The van der Waals surface area contributed by atoms with E-state index in [2.05, 4.69) is 9.97 Å². The molecule has 0 aliphatic heterocycles. The third-order valence-electron chi connectivity index (χ3n) is 4.00. The van der Waals surface area contributed by atoms with Crippen LogP contribution in [0.2, 0.25) is 0 Å². The quantitative estimate of drug-likeness (QED) is 0.891. The highest BCUT2D eigenvalue weighted by Crippen LogP contribution is 2.34. The molecule has 1 aliphatic carbocycles. The number of carboxylic acid groups (broad SMARTS) is 1. The Bertz CT molecular complexity index is 598. The minimum absolute atomic E-state index is 0.191. The molecule has 1 aromatic carbocycles. The van der Waals surface area contributed by atoms with Crippen LogP contribution in [-0.4, -0.2) is 21.0 Å². The number of carboxylic acids is 1. The Morgan fingerprint density at radius 1 is 1.15 bits per heavy atom. The van der Waals surface area contributed by atoms with E-state index in [1.54, 1.807) is 0 Å². The predicted molar refractivity (Wildman–Crippen MR) is 76.8 cm³/mol. The largest absolute Gasteiger partial charge is 0.476 e. The van der Waals surface area contributed by atoms with Gasteiger partial charge in [-0.15, -0.1) is 0 Å². The highest BCUT2D eigenvalue weighted by atomic mass is 16.4. The van der Waals surface area contributed by atoms with Gasteiger partial charge in [-0.2, -0.15) is 0 Å². The average molecular weight is 270 g/mol. The van der Waals surface area contributed by atoms with Gasteiger partial charge in [-0.25, -0.2) is 9.78 Å². The number of aromatic carboxylic acids is 1. The van der Waals surface area contributed by atoms with Crippen molar-refractivity contribution in [3.63, 3.8) is 0 Å². The topological polar surface area (TPSA) is 66.0 Å². The molecule has 3 rings (SSSR count). The summed E-state index contributed by atoms with van der Waals surface area (Å²) in [5.74, 6) is 0.0207. The van der Waals surface area contributed by atoms with E-state index in [0.29, 0.717) is 11.7 Å². The summed E-state index contributed by atoms with van der Waals surface area (Å²) in [5.41, 5.74) is 1.92. The first-order valence-electron chi connectivity index (χ1n) is 7.14. The van der Waals surface area contributed by atoms with Crippen molar-refractivity contribution < 1.29 is 9.90 Å². The normalized spacial score (nSPS) is 16.2. The summed E-state index contributed by atoms with van der Waals surface area (Å²) in [6.45, 7) is 0. The van der Waals surface area contributed by atoms with Gasteiger partial charge in [-0.05, 0) is 12.8 Å². The molecule has 1 fully saturated rings. The van der Waals surface area contributed by atoms with E-state index in [0.717, 1.165) is 24.1 Å². The predicted octanol–water partition coefficient (Wildman–Crippen LogP) is 3.82. The number of aromatic amines is 1. The Kier molecular flexibility index (Phi) is 3.54. The lowest BCUT2D eigenvalue weighted by Gasteiger charge is -2.20. The van der Waals surface area contributed by atoms with Crippen LogP contribution < -0.4 is 0 Å². The zero-order valence-corrected chi connectivity index (χ0v) is 11.3. The molecule has 4 nitrogen and oxygen atoms in total. The fourth-order valence-corrected chi connectivity index (χ4v) is 2.97. The molecule has 0 radical (unpaired) electrons. The lowest BCUT2D eigenvalue weighted by molar-refractivity contribution is 0.0689. The standard InChI is InChI=1S/C16H18N2O2/c19-16(20)14-13(11-7-3-1-4-8-11)17-15(18-14)12-9-5-2-6-10-12/h2,5-6,9-11H,1,3-4,7-8H2,(H,17,18)(H,19,20). The van der Waals surface area contributed by atoms with Gasteiger partial charge in [0, 0.05) is 11.5 Å². The van der Waals surface area contributed by atoms with Gasteiger partial charge in [0.05, 0.1) is 5.69 Å². The maximum absolute atomic E-state index is 11.4. The lowest BCUT2D eigenvalue weighted by Crippen LogP contribution is -2.10. The smallest absolute Gasteiger partial charge is 0.356 e. The summed E-state index contributed by atoms with van der Waals surface area (Å²) in [4.78, 5) is 19.0. The molecule has 1 aromatic heterocycles. The molecule has 0 spiro atoms. The minimum Gasteiger partial charge on any atom is -0.476 e. The van der Waals surface area contributed by atoms with Gasteiger partial charge in [0.15, 0.2) is 5.69 Å². The molecule has 2 aromatic rings. The number of carbonyl (C=O) groups is 1. The van der Waals surface area contributed by atoms with Crippen molar-refractivity contribution in [3.8, 4) is 11.4 Å². The number of nitrogens with one attached hydrogen (secondary N) is 1. The Morgan fingerprint density at radius 2 is 1.85 bits per heavy atom. The molecular formula is C16H18N2O2. The van der Waals surface area contributed by atoms with E-state index < -0.39 is 5.97 Å². The first-order valence-corrected chi connectivity index (χ1v) is 7.14. The number of imidazole rings is 1. The van der Waals surface area contributed by atoms with Crippen molar-refractivity contribution in [1.82, 2.24) is 9.97 Å². The first kappa shape index (κ1) is 12.9. The molecule has 0 amide bonds. The van der Waals surface area contributed by atoms with Crippen molar-refractivity contribution in [1.29, 1.82) is 0 Å². The van der Waals surface area contributed by atoms with E-state index >= 15 is 0 Å². The zero-order valence-electron chi connectivity index (χ0n) is 11.3. The van der Waals surface area contributed by atoms with Crippen molar-refractivity contribution >= 4 is 5.97 Å². The summed E-state index contributed by atoms with van der Waals surface area (Å²) in [5, 5.41) is 9.37. The van der Waals surface area contributed by atoms with Gasteiger partial charge in [-0.1, -0.05) is 49.6 Å². The molecule has 0 unspecified atom stereocenters. The van der Waals surface area contributed by atoms with Crippen LogP contribution in [-0.2, 0) is 0 Å². The molecule has 0 atom stereocenters. The van der Waals surface area contributed by atoms with E-state index in [-0.39, 0.29) is 5.69 Å². The molecule has 0 saturated heterocycles. The van der Waals surface area contributed by atoms with Gasteiger partial charge in [0.2, 0.25) is 0 Å². The molecule has 1 aliphatic rings. The van der Waals surface area contributed by atoms with Gasteiger partial charge in [0.25, 0.3) is 0 Å². The molecule has 1 saturated carbocycles. The Labute approximate surface area is 117 Å². The Morgan fingerprint density at radius 3 is 2.50 bits per heavy atom. The molecule has 20 heavy (non-hydrogen) atoms. The number of H-pyrrole nitrogens is 1. The fraction of sp³-hybridized carbons (Fsp3) is 0.375. The summed E-state index contributed by atoms with van der Waals surface area (Å²) in [6, 6.07) is 9.67.